The van der Waals surface area contributed by atoms with Crippen molar-refractivity contribution in [2.45, 2.75) is 62.3 Å². The molecule has 0 aliphatic carbocycles. The van der Waals surface area contributed by atoms with Crippen molar-refractivity contribution in [1.82, 2.24) is 24.3 Å². The van der Waals surface area contributed by atoms with Gasteiger partial charge < -0.3 is 19.9 Å². The number of nitrogens with two attached hydrogens (primary N) is 1. The first-order valence-electron chi connectivity index (χ1n) is 13.1. The lowest BCUT2D eigenvalue weighted by Crippen LogP contribution is -2.54. The van der Waals surface area contributed by atoms with E-state index in [0.29, 0.717) is 12.4 Å². The van der Waals surface area contributed by atoms with Crippen LogP contribution in [0.2, 0.25) is 0 Å². The van der Waals surface area contributed by atoms with Gasteiger partial charge in [-0.2, -0.15) is 0 Å². The number of hydrogen-bond acceptors (Lipinski definition) is 6. The fourth-order valence-electron chi connectivity index (χ4n) is 6.47. The molecule has 198 valence electrons. The minimum Gasteiger partial charge on any atom is -0.383 e. The highest BCUT2D eigenvalue weighted by molar-refractivity contribution is 5.86. The summed E-state index contributed by atoms with van der Waals surface area (Å²) in [4.78, 5) is 12.8. The van der Waals surface area contributed by atoms with Crippen molar-refractivity contribution in [2.24, 2.45) is 0 Å². The maximum absolute atomic E-state index is 14.8. The summed E-state index contributed by atoms with van der Waals surface area (Å²) < 4.78 is 51.0. The van der Waals surface area contributed by atoms with Crippen LogP contribution >= 0.6 is 0 Å². The number of aromatic nitrogens is 3. The van der Waals surface area contributed by atoms with Crippen LogP contribution in [-0.4, -0.2) is 74.6 Å². The van der Waals surface area contributed by atoms with E-state index in [1.807, 2.05) is 33.9 Å². The number of piperidine rings is 1. The summed E-state index contributed by atoms with van der Waals surface area (Å²) in [6.07, 6.45) is 6.86. The fourth-order valence-corrected chi connectivity index (χ4v) is 6.47. The Morgan fingerprint density at radius 3 is 2.62 bits per heavy atom. The first-order valence-corrected chi connectivity index (χ1v) is 13.1. The second-order valence-electron chi connectivity index (χ2n) is 10.9. The Morgan fingerprint density at radius 2 is 1.84 bits per heavy atom. The van der Waals surface area contributed by atoms with Crippen LogP contribution in [0.4, 0.5) is 19.0 Å². The topological polar surface area (TPSA) is 72.4 Å². The van der Waals surface area contributed by atoms with E-state index < -0.39 is 11.5 Å². The zero-order valence-electron chi connectivity index (χ0n) is 20.8. The quantitative estimate of drug-likeness (QED) is 0.530. The lowest BCUT2D eigenvalue weighted by Gasteiger charge is -2.45. The van der Waals surface area contributed by atoms with Crippen LogP contribution in [0, 0.1) is 5.82 Å². The van der Waals surface area contributed by atoms with Crippen LogP contribution < -0.4 is 5.73 Å². The molecule has 3 aliphatic rings. The van der Waals surface area contributed by atoms with Gasteiger partial charge in [0.1, 0.15) is 29.8 Å². The number of likely N-dealkylation sites (tertiary alicyclic amines) is 2. The van der Waals surface area contributed by atoms with Gasteiger partial charge in [-0.05, 0) is 69.0 Å². The monoisotopic (exact) mass is 514 g/mol. The summed E-state index contributed by atoms with van der Waals surface area (Å²) in [5.74, 6) is -2.48. The molecule has 3 aromatic rings. The van der Waals surface area contributed by atoms with Crippen LogP contribution in [0.3, 0.4) is 0 Å². The highest BCUT2D eigenvalue weighted by atomic mass is 19.3. The second-order valence-corrected chi connectivity index (χ2v) is 10.9. The van der Waals surface area contributed by atoms with Gasteiger partial charge in [-0.15, -0.1) is 0 Å². The Balaban J connectivity index is 1.08. The molecule has 1 aromatic carbocycles. The predicted octanol–water partition coefficient (Wildman–Crippen LogP) is 4.25. The standard InChI is InChI=1S/C27H33F3N6O/c28-20-3-1-19(2-4-20)7-11-34-13-9-26(10-14-34)16-27(29,30)17-35(26)15-21-5-6-23(37-21)36-12-8-22-24(31)32-18-33-25(22)36/h1-4,8,12,18,21,23H,5-7,9-11,13-17H2,(H2,31,32,33). The minimum atomic E-state index is -2.68. The molecule has 5 heterocycles. The van der Waals surface area contributed by atoms with Crippen LogP contribution in [-0.2, 0) is 11.2 Å². The van der Waals surface area contributed by atoms with Crippen molar-refractivity contribution in [3.8, 4) is 0 Å². The Bertz CT molecular complexity index is 1240. The van der Waals surface area contributed by atoms with Crippen LogP contribution in [0.1, 0.15) is 43.9 Å². The summed E-state index contributed by atoms with van der Waals surface area (Å²) in [7, 11) is 0. The number of fused-ring (bicyclic) bond motifs is 1. The normalized spacial score (nSPS) is 25.9. The highest BCUT2D eigenvalue weighted by Gasteiger charge is 2.55. The smallest absolute Gasteiger partial charge is 0.262 e. The molecule has 7 nitrogen and oxygen atoms in total. The maximum Gasteiger partial charge on any atom is 0.262 e. The molecule has 2 aromatic heterocycles. The molecule has 2 N–H and O–H groups in total. The van der Waals surface area contributed by atoms with Crippen LogP contribution in [0.25, 0.3) is 11.0 Å². The molecule has 0 radical (unpaired) electrons. The zero-order valence-corrected chi connectivity index (χ0v) is 20.8. The van der Waals surface area contributed by atoms with Crippen LogP contribution in [0.5, 0.6) is 0 Å². The molecule has 1 spiro atoms. The molecule has 6 rings (SSSR count). The van der Waals surface area contributed by atoms with Gasteiger partial charge in [-0.3, -0.25) is 4.90 Å². The summed E-state index contributed by atoms with van der Waals surface area (Å²) in [6.45, 7) is 2.74. The van der Waals surface area contributed by atoms with E-state index in [1.165, 1.54) is 18.5 Å². The number of anilines is 1. The average molecular weight is 515 g/mol. The highest BCUT2D eigenvalue weighted by Crippen LogP contribution is 2.46. The van der Waals surface area contributed by atoms with Crippen molar-refractivity contribution in [2.75, 3.05) is 38.5 Å². The second kappa shape index (κ2) is 9.56. The molecule has 37 heavy (non-hydrogen) atoms. The molecule has 3 fully saturated rings. The first-order chi connectivity index (χ1) is 17.8. The third-order valence-corrected chi connectivity index (χ3v) is 8.46. The number of nitrogen functional groups attached to an aromatic ring is 1. The third kappa shape index (κ3) is 4.94. The summed E-state index contributed by atoms with van der Waals surface area (Å²) in [5.41, 5.74) is 7.31. The third-order valence-electron chi connectivity index (χ3n) is 8.46. The van der Waals surface area contributed by atoms with E-state index >= 15 is 0 Å². The van der Waals surface area contributed by atoms with Crippen molar-refractivity contribution in [3.05, 3.63) is 54.2 Å². The minimum absolute atomic E-state index is 0.0830. The number of ether oxygens (including phenoxy) is 1. The number of alkyl halides is 2. The van der Waals surface area contributed by atoms with E-state index in [0.717, 1.165) is 68.3 Å². The molecule has 0 amide bonds. The lowest BCUT2D eigenvalue weighted by molar-refractivity contribution is -0.0352. The summed E-state index contributed by atoms with van der Waals surface area (Å²) >= 11 is 0. The van der Waals surface area contributed by atoms with Crippen molar-refractivity contribution in [3.63, 3.8) is 0 Å². The van der Waals surface area contributed by atoms with Gasteiger partial charge in [0.25, 0.3) is 5.92 Å². The largest absolute Gasteiger partial charge is 0.383 e. The Labute approximate surface area is 214 Å². The number of halogens is 3. The van der Waals surface area contributed by atoms with E-state index in [2.05, 4.69) is 14.9 Å². The number of benzene rings is 1. The molecule has 2 atom stereocenters. The molecule has 3 saturated heterocycles. The van der Waals surface area contributed by atoms with Gasteiger partial charge >= 0.3 is 0 Å². The van der Waals surface area contributed by atoms with Gasteiger partial charge in [0.05, 0.1) is 18.0 Å². The molecule has 0 saturated carbocycles. The van der Waals surface area contributed by atoms with Crippen molar-refractivity contribution in [1.29, 1.82) is 0 Å². The van der Waals surface area contributed by atoms with Gasteiger partial charge in [0.15, 0.2) is 0 Å². The van der Waals surface area contributed by atoms with Crippen molar-refractivity contribution >= 4 is 16.9 Å². The van der Waals surface area contributed by atoms with Gasteiger partial charge in [0.2, 0.25) is 0 Å². The van der Waals surface area contributed by atoms with Crippen molar-refractivity contribution < 1.29 is 17.9 Å². The molecule has 2 unspecified atom stereocenters. The Kier molecular flexibility index (Phi) is 6.37. The van der Waals surface area contributed by atoms with E-state index in [4.69, 9.17) is 10.5 Å². The molecular formula is C27H33F3N6O. The SMILES string of the molecule is Nc1ncnc2c1ccn2C1CCC(CN2CC(F)(F)CC23CCN(CCc2ccc(F)cc2)CC3)O1. The van der Waals surface area contributed by atoms with E-state index in [9.17, 15) is 13.2 Å². The summed E-state index contributed by atoms with van der Waals surface area (Å²) in [5, 5.41) is 0.791. The Hall–Kier alpha value is -2.69. The first kappa shape index (κ1) is 24.6. The lowest BCUT2D eigenvalue weighted by atomic mass is 9.84. The average Bonchev–Trinajstić information content (AvgIpc) is 3.57. The zero-order chi connectivity index (χ0) is 25.6. The van der Waals surface area contributed by atoms with E-state index in [1.54, 1.807) is 0 Å². The van der Waals surface area contributed by atoms with Crippen LogP contribution in [0.15, 0.2) is 42.9 Å². The predicted molar refractivity (Wildman–Crippen MR) is 135 cm³/mol. The number of rotatable bonds is 6. The van der Waals surface area contributed by atoms with Gasteiger partial charge in [-0.1, -0.05) is 12.1 Å². The molecule has 3 aliphatic heterocycles. The van der Waals surface area contributed by atoms with E-state index in [-0.39, 0.29) is 31.1 Å². The van der Waals surface area contributed by atoms with Gasteiger partial charge in [0, 0.05) is 31.2 Å². The molecule has 0 bridgehead atoms. The fraction of sp³-hybridized carbons (Fsp3) is 0.556. The number of nitrogens with zero attached hydrogens (tertiary/aromatic N) is 5. The molecular weight excluding hydrogens is 481 g/mol. The number of hydrogen-bond donors (Lipinski definition) is 1. The molecule has 10 heteroatoms. The maximum atomic E-state index is 14.8. The summed E-state index contributed by atoms with van der Waals surface area (Å²) in [6, 6.07) is 8.48. The Morgan fingerprint density at radius 1 is 1.05 bits per heavy atom. The van der Waals surface area contributed by atoms with Gasteiger partial charge in [-0.25, -0.2) is 23.1 Å².